The molecule has 0 aliphatic carbocycles. The third-order valence-corrected chi connectivity index (χ3v) is 7.58. The maximum Gasteiger partial charge on any atom is 0.0683 e. The minimum absolute atomic E-state index is 0.243. The van der Waals surface area contributed by atoms with Crippen LogP contribution in [0, 0.1) is 11.3 Å². The average Bonchev–Trinajstić information content (AvgIpc) is 2.95. The van der Waals surface area contributed by atoms with Crippen LogP contribution in [0.2, 0.25) is 0 Å². The zero-order valence-electron chi connectivity index (χ0n) is 16.1. The van der Waals surface area contributed by atoms with E-state index in [0.717, 1.165) is 11.8 Å². The Balaban J connectivity index is 1.68. The molecule has 1 saturated heterocycles. The molecule has 134 valence electrons. The van der Waals surface area contributed by atoms with Gasteiger partial charge in [0.05, 0.1) is 11.6 Å². The topological polar surface area (TPSA) is 15.3 Å². The van der Waals surface area contributed by atoms with Crippen LogP contribution in [-0.4, -0.2) is 26.0 Å². The van der Waals surface area contributed by atoms with E-state index in [1.165, 1.54) is 54.9 Å². The average molecular weight is 347 g/mol. The summed E-state index contributed by atoms with van der Waals surface area (Å²) in [6.07, 6.45) is 5.26. The fourth-order valence-electron chi connectivity index (χ4n) is 4.18. The second-order valence-corrected chi connectivity index (χ2v) is 10.0. The van der Waals surface area contributed by atoms with Crippen molar-refractivity contribution in [3.8, 4) is 0 Å². The number of benzene rings is 1. The second kappa shape index (κ2) is 6.92. The highest BCUT2D eigenvalue weighted by Crippen LogP contribution is 2.44. The highest BCUT2D eigenvalue weighted by Gasteiger charge is 2.33. The standard InChI is InChI=1S/C21H34N2S/c1-20(2,16-8-12-22-13-9-16)10-11-21(3,4)17-6-7-19-18(14-17)23(5)15-24-19/h6-7,14,16,22H,8-13,15H2,1-5H3. The highest BCUT2D eigenvalue weighted by atomic mass is 32.2. The van der Waals surface area contributed by atoms with Crippen LogP contribution in [-0.2, 0) is 5.41 Å². The Hall–Kier alpha value is -0.670. The van der Waals surface area contributed by atoms with Gasteiger partial charge in [0.15, 0.2) is 0 Å². The van der Waals surface area contributed by atoms with Crippen molar-refractivity contribution in [1.82, 2.24) is 5.32 Å². The molecule has 3 heteroatoms. The third-order valence-electron chi connectivity index (χ3n) is 6.40. The second-order valence-electron chi connectivity index (χ2n) is 9.05. The SMILES string of the molecule is CN1CSc2ccc(C(C)(C)CCC(C)(C)C3CCNCC3)cc21. The molecule has 2 nitrogen and oxygen atoms in total. The van der Waals surface area contributed by atoms with Gasteiger partial charge in [-0.25, -0.2) is 0 Å². The predicted molar refractivity (Wildman–Crippen MR) is 107 cm³/mol. The summed E-state index contributed by atoms with van der Waals surface area (Å²) in [5.74, 6) is 1.96. The first-order valence-corrected chi connectivity index (χ1v) is 10.5. The van der Waals surface area contributed by atoms with E-state index in [9.17, 15) is 0 Å². The van der Waals surface area contributed by atoms with Crippen molar-refractivity contribution in [3.63, 3.8) is 0 Å². The lowest BCUT2D eigenvalue weighted by Gasteiger charge is -2.39. The molecular weight excluding hydrogens is 312 g/mol. The summed E-state index contributed by atoms with van der Waals surface area (Å²) in [6, 6.07) is 7.13. The van der Waals surface area contributed by atoms with Gasteiger partial charge in [-0.1, -0.05) is 33.8 Å². The van der Waals surface area contributed by atoms with E-state index in [2.05, 4.69) is 63.2 Å². The van der Waals surface area contributed by atoms with Crippen molar-refractivity contribution in [1.29, 1.82) is 0 Å². The van der Waals surface area contributed by atoms with E-state index >= 15 is 0 Å². The Morgan fingerprint density at radius 1 is 1.12 bits per heavy atom. The summed E-state index contributed by atoms with van der Waals surface area (Å²) in [4.78, 5) is 3.81. The van der Waals surface area contributed by atoms with Gasteiger partial charge < -0.3 is 10.2 Å². The van der Waals surface area contributed by atoms with Gasteiger partial charge in [-0.15, -0.1) is 11.8 Å². The zero-order chi connectivity index (χ0) is 17.4. The zero-order valence-corrected chi connectivity index (χ0v) is 16.9. The maximum absolute atomic E-state index is 3.51. The number of fused-ring (bicyclic) bond motifs is 1. The summed E-state index contributed by atoms with van der Waals surface area (Å²) in [5, 5.41) is 3.51. The van der Waals surface area contributed by atoms with E-state index in [1.54, 1.807) is 0 Å². The number of anilines is 1. The molecule has 1 fully saturated rings. The summed E-state index contributed by atoms with van der Waals surface area (Å²) < 4.78 is 0. The van der Waals surface area contributed by atoms with Crippen molar-refractivity contribution in [2.75, 3.05) is 30.9 Å². The lowest BCUT2D eigenvalue weighted by Crippen LogP contribution is -2.36. The molecule has 0 bridgehead atoms. The van der Waals surface area contributed by atoms with Gasteiger partial charge >= 0.3 is 0 Å². The van der Waals surface area contributed by atoms with Crippen LogP contribution in [0.5, 0.6) is 0 Å². The molecule has 0 unspecified atom stereocenters. The molecule has 0 amide bonds. The Kier molecular flexibility index (Phi) is 5.22. The van der Waals surface area contributed by atoms with Gasteiger partial charge in [-0.3, -0.25) is 0 Å². The van der Waals surface area contributed by atoms with E-state index in [0.29, 0.717) is 5.41 Å². The summed E-state index contributed by atoms with van der Waals surface area (Å²) in [6.45, 7) is 12.2. The smallest absolute Gasteiger partial charge is 0.0683 e. The quantitative estimate of drug-likeness (QED) is 0.782. The Labute approximate surface area is 152 Å². The molecular formula is C21H34N2S. The van der Waals surface area contributed by atoms with Crippen LogP contribution < -0.4 is 10.2 Å². The third kappa shape index (κ3) is 3.77. The molecule has 0 aromatic heterocycles. The molecule has 1 N–H and O–H groups in total. The highest BCUT2D eigenvalue weighted by molar-refractivity contribution is 7.99. The van der Waals surface area contributed by atoms with Crippen LogP contribution >= 0.6 is 11.8 Å². The lowest BCUT2D eigenvalue weighted by atomic mass is 9.68. The molecule has 24 heavy (non-hydrogen) atoms. The van der Waals surface area contributed by atoms with Crippen molar-refractivity contribution in [2.45, 2.75) is 63.7 Å². The number of hydrogen-bond acceptors (Lipinski definition) is 3. The van der Waals surface area contributed by atoms with E-state index in [4.69, 9.17) is 0 Å². The number of hydrogen-bond donors (Lipinski definition) is 1. The van der Waals surface area contributed by atoms with Gasteiger partial charge in [-0.05, 0) is 73.2 Å². The minimum atomic E-state index is 0.243. The molecule has 0 saturated carbocycles. The largest absolute Gasteiger partial charge is 0.364 e. The van der Waals surface area contributed by atoms with Crippen LogP contribution in [0.25, 0.3) is 0 Å². The van der Waals surface area contributed by atoms with E-state index in [-0.39, 0.29) is 5.41 Å². The Morgan fingerprint density at radius 2 is 1.83 bits per heavy atom. The van der Waals surface area contributed by atoms with Crippen LogP contribution in [0.3, 0.4) is 0 Å². The molecule has 2 aliphatic heterocycles. The molecule has 2 aliphatic rings. The summed E-state index contributed by atoms with van der Waals surface area (Å²) in [5.41, 5.74) is 3.61. The molecule has 2 heterocycles. The first-order chi connectivity index (χ1) is 11.3. The molecule has 1 aromatic rings. The van der Waals surface area contributed by atoms with Gasteiger partial charge in [0.2, 0.25) is 0 Å². The normalized spacial score (nSPS) is 19.6. The van der Waals surface area contributed by atoms with Gasteiger partial charge in [0, 0.05) is 11.9 Å². The fraction of sp³-hybridized carbons (Fsp3) is 0.714. The van der Waals surface area contributed by atoms with Gasteiger partial charge in [0.25, 0.3) is 0 Å². The van der Waals surface area contributed by atoms with Crippen molar-refractivity contribution >= 4 is 17.4 Å². The molecule has 1 aromatic carbocycles. The van der Waals surface area contributed by atoms with Crippen LogP contribution in [0.15, 0.2) is 23.1 Å². The number of rotatable bonds is 5. The lowest BCUT2D eigenvalue weighted by molar-refractivity contribution is 0.140. The van der Waals surface area contributed by atoms with Gasteiger partial charge in [-0.2, -0.15) is 0 Å². The molecule has 0 atom stereocenters. The van der Waals surface area contributed by atoms with Crippen LogP contribution in [0.4, 0.5) is 5.69 Å². The predicted octanol–water partition coefficient (Wildman–Crippen LogP) is 5.27. The Bertz CT molecular complexity index is 573. The fourth-order valence-corrected chi connectivity index (χ4v) is 5.18. The first kappa shape index (κ1) is 18.1. The van der Waals surface area contributed by atoms with Crippen molar-refractivity contribution < 1.29 is 0 Å². The Morgan fingerprint density at radius 3 is 2.54 bits per heavy atom. The summed E-state index contributed by atoms with van der Waals surface area (Å²) >= 11 is 1.95. The molecule has 0 spiro atoms. The van der Waals surface area contributed by atoms with Gasteiger partial charge in [0.1, 0.15) is 0 Å². The van der Waals surface area contributed by atoms with E-state index < -0.39 is 0 Å². The molecule has 0 radical (unpaired) electrons. The minimum Gasteiger partial charge on any atom is -0.364 e. The number of nitrogens with one attached hydrogen (secondary N) is 1. The molecule has 3 rings (SSSR count). The maximum atomic E-state index is 3.51. The first-order valence-electron chi connectivity index (χ1n) is 9.49. The number of piperidine rings is 1. The van der Waals surface area contributed by atoms with Crippen molar-refractivity contribution in [2.24, 2.45) is 11.3 Å². The number of nitrogens with zero attached hydrogens (tertiary/aromatic N) is 1. The van der Waals surface area contributed by atoms with Crippen molar-refractivity contribution in [3.05, 3.63) is 23.8 Å². The monoisotopic (exact) mass is 346 g/mol. The van der Waals surface area contributed by atoms with Crippen LogP contribution in [0.1, 0.15) is 58.9 Å². The van der Waals surface area contributed by atoms with E-state index in [1.807, 2.05) is 11.8 Å². The summed E-state index contributed by atoms with van der Waals surface area (Å²) in [7, 11) is 2.20. The number of thioether (sulfide) groups is 1.